The summed E-state index contributed by atoms with van der Waals surface area (Å²) < 4.78 is 5.01. The van der Waals surface area contributed by atoms with Crippen LogP contribution >= 0.6 is 12.4 Å². The molecular weight excluding hydrogens is 416 g/mol. The van der Waals surface area contributed by atoms with Crippen molar-refractivity contribution in [1.29, 1.82) is 0 Å². The first kappa shape index (κ1) is 20.2. The summed E-state index contributed by atoms with van der Waals surface area (Å²) in [6, 6.07) is 7.98. The van der Waals surface area contributed by atoms with Crippen molar-refractivity contribution in [2.45, 2.75) is 19.5 Å². The molecule has 6 rings (SSSR count). The van der Waals surface area contributed by atoms with Gasteiger partial charge in [0.1, 0.15) is 6.61 Å². The van der Waals surface area contributed by atoms with Crippen LogP contribution in [0.5, 0.6) is 0 Å². The lowest BCUT2D eigenvalue weighted by molar-refractivity contribution is -0.110. The van der Waals surface area contributed by atoms with Gasteiger partial charge < -0.3 is 19.9 Å². The van der Waals surface area contributed by atoms with Crippen molar-refractivity contribution in [3.05, 3.63) is 52.8 Å². The fraction of sp³-hybridized carbons (Fsp3) is 0.391. The largest absolute Gasteiger partial charge is 0.448 e. The highest BCUT2D eigenvalue weighted by atomic mass is 35.5. The fourth-order valence-electron chi connectivity index (χ4n) is 4.93. The van der Waals surface area contributed by atoms with Crippen LogP contribution in [0.15, 0.2) is 30.5 Å². The number of hydrogen-bond donors (Lipinski definition) is 2. The number of aromatic amines is 1. The molecule has 0 radical (unpaired) electrons. The molecule has 2 saturated heterocycles. The molecule has 1 aromatic heterocycles. The predicted molar refractivity (Wildman–Crippen MR) is 120 cm³/mol. The van der Waals surface area contributed by atoms with Crippen molar-refractivity contribution in [3.63, 3.8) is 0 Å². The van der Waals surface area contributed by atoms with Gasteiger partial charge in [-0.05, 0) is 53.7 Å². The fourth-order valence-corrected chi connectivity index (χ4v) is 4.93. The number of benzene rings is 1. The third kappa shape index (κ3) is 3.83. The number of amides is 2. The van der Waals surface area contributed by atoms with Gasteiger partial charge in [0.2, 0.25) is 0 Å². The summed E-state index contributed by atoms with van der Waals surface area (Å²) in [6.07, 6.45) is 5.04. The van der Waals surface area contributed by atoms with Crippen LogP contribution in [0.4, 0.5) is 10.5 Å². The molecule has 0 spiro atoms. The second kappa shape index (κ2) is 7.73. The van der Waals surface area contributed by atoms with Crippen molar-refractivity contribution in [1.82, 2.24) is 14.8 Å². The molecule has 1 aromatic carbocycles. The first-order valence-corrected chi connectivity index (χ1v) is 10.6. The normalized spacial score (nSPS) is 25.3. The highest BCUT2D eigenvalue weighted by molar-refractivity contribution is 6.34. The van der Waals surface area contributed by atoms with Gasteiger partial charge >= 0.3 is 6.09 Å². The summed E-state index contributed by atoms with van der Waals surface area (Å²) in [5, 5.41) is 2.94. The topological polar surface area (TPSA) is 77.7 Å². The van der Waals surface area contributed by atoms with Gasteiger partial charge in [0, 0.05) is 54.9 Å². The lowest BCUT2D eigenvalue weighted by Gasteiger charge is -2.15. The Morgan fingerprint density at radius 2 is 1.97 bits per heavy atom. The summed E-state index contributed by atoms with van der Waals surface area (Å²) in [5.74, 6) is 1.76. The van der Waals surface area contributed by atoms with Crippen molar-refractivity contribution in [3.8, 4) is 0 Å². The summed E-state index contributed by atoms with van der Waals surface area (Å²) in [7, 11) is 0. The number of H-pyrrole nitrogens is 1. The van der Waals surface area contributed by atoms with Gasteiger partial charge in [-0.2, -0.15) is 0 Å². The van der Waals surface area contributed by atoms with E-state index in [1.807, 2.05) is 30.5 Å². The maximum absolute atomic E-state index is 12.6. The minimum Gasteiger partial charge on any atom is -0.448 e. The highest BCUT2D eigenvalue weighted by Crippen LogP contribution is 2.45. The molecule has 4 heterocycles. The Bertz CT molecular complexity index is 1070. The number of hydrogen-bond acceptors (Lipinski definition) is 4. The number of piperidine rings is 1. The van der Waals surface area contributed by atoms with Crippen LogP contribution in [0.2, 0.25) is 0 Å². The van der Waals surface area contributed by atoms with Crippen LogP contribution < -0.4 is 5.32 Å². The predicted octanol–water partition coefficient (Wildman–Crippen LogP) is 3.33. The van der Waals surface area contributed by atoms with Gasteiger partial charge in [0.05, 0.1) is 6.54 Å². The SMILES string of the molecule is Cl.O=C1Nc2ccc(CN3CCOC3=O)cc2C1=Cc1c[nH]c(CN2C[C@H]3C[C@H]3C2)c1. The van der Waals surface area contributed by atoms with E-state index >= 15 is 0 Å². The molecule has 3 aliphatic heterocycles. The number of anilines is 1. The van der Waals surface area contributed by atoms with Crippen LogP contribution in [0.25, 0.3) is 11.6 Å². The van der Waals surface area contributed by atoms with Crippen LogP contribution in [-0.2, 0) is 22.6 Å². The lowest BCUT2D eigenvalue weighted by atomic mass is 10.0. The van der Waals surface area contributed by atoms with Gasteiger partial charge in [-0.25, -0.2) is 4.79 Å². The summed E-state index contributed by atoms with van der Waals surface area (Å²) in [6.45, 7) is 4.88. The molecular formula is C23H25ClN4O3. The van der Waals surface area contributed by atoms with E-state index in [0.29, 0.717) is 25.3 Å². The molecule has 4 aliphatic rings. The first-order chi connectivity index (χ1) is 14.6. The highest BCUT2D eigenvalue weighted by Gasteiger charge is 2.44. The molecule has 162 valence electrons. The Kier molecular flexibility index (Phi) is 5.02. The number of ether oxygens (including phenoxy) is 1. The molecule has 0 bridgehead atoms. The lowest BCUT2D eigenvalue weighted by Crippen LogP contribution is -2.23. The molecule has 2 aromatic rings. The number of cyclic esters (lactones) is 1. The second-order valence-corrected chi connectivity index (χ2v) is 8.84. The maximum atomic E-state index is 12.6. The van der Waals surface area contributed by atoms with Gasteiger partial charge in [0.25, 0.3) is 5.91 Å². The number of aromatic nitrogens is 1. The second-order valence-electron chi connectivity index (χ2n) is 8.84. The van der Waals surface area contributed by atoms with E-state index in [0.717, 1.165) is 40.8 Å². The van der Waals surface area contributed by atoms with Gasteiger partial charge in [0.15, 0.2) is 0 Å². The zero-order valence-electron chi connectivity index (χ0n) is 17.1. The summed E-state index contributed by atoms with van der Waals surface area (Å²) >= 11 is 0. The molecule has 8 heteroatoms. The third-order valence-corrected chi connectivity index (χ3v) is 6.61. The Hall–Kier alpha value is -2.77. The molecule has 2 atom stereocenters. The minimum absolute atomic E-state index is 0. The Morgan fingerprint density at radius 3 is 2.74 bits per heavy atom. The number of carbonyl (C=O) groups excluding carboxylic acids is 2. The van der Waals surface area contributed by atoms with E-state index < -0.39 is 0 Å². The van der Waals surface area contributed by atoms with Crippen molar-refractivity contribution in [2.75, 3.05) is 31.6 Å². The summed E-state index contributed by atoms with van der Waals surface area (Å²) in [4.78, 5) is 31.9. The number of likely N-dealkylation sites (tertiary alicyclic amines) is 1. The summed E-state index contributed by atoms with van der Waals surface area (Å²) in [5.41, 5.74) is 5.52. The number of nitrogens with zero attached hydrogens (tertiary/aromatic N) is 2. The van der Waals surface area contributed by atoms with Crippen LogP contribution in [0.3, 0.4) is 0 Å². The van der Waals surface area contributed by atoms with Crippen molar-refractivity contribution < 1.29 is 14.3 Å². The smallest absolute Gasteiger partial charge is 0.410 e. The Balaban J connectivity index is 0.00000204. The maximum Gasteiger partial charge on any atom is 0.410 e. The van der Waals surface area contributed by atoms with E-state index in [1.54, 1.807) is 4.90 Å². The van der Waals surface area contributed by atoms with E-state index in [1.165, 1.54) is 25.2 Å². The quantitative estimate of drug-likeness (QED) is 0.699. The molecule has 2 amide bonds. The Labute approximate surface area is 186 Å². The molecule has 7 nitrogen and oxygen atoms in total. The number of halogens is 1. The molecule has 31 heavy (non-hydrogen) atoms. The van der Waals surface area contributed by atoms with Crippen molar-refractivity contribution in [2.24, 2.45) is 11.8 Å². The Morgan fingerprint density at radius 1 is 1.13 bits per heavy atom. The van der Waals surface area contributed by atoms with Crippen LogP contribution in [0.1, 0.15) is 28.8 Å². The molecule has 1 aliphatic carbocycles. The average molecular weight is 441 g/mol. The molecule has 1 saturated carbocycles. The monoisotopic (exact) mass is 440 g/mol. The first-order valence-electron chi connectivity index (χ1n) is 10.6. The minimum atomic E-state index is -0.282. The number of fused-ring (bicyclic) bond motifs is 2. The van der Waals surface area contributed by atoms with Crippen molar-refractivity contribution >= 4 is 41.7 Å². The van der Waals surface area contributed by atoms with E-state index in [9.17, 15) is 9.59 Å². The van der Waals surface area contributed by atoms with Gasteiger partial charge in [-0.1, -0.05) is 6.07 Å². The zero-order valence-corrected chi connectivity index (χ0v) is 17.9. The molecule has 0 unspecified atom stereocenters. The van der Waals surface area contributed by atoms with Gasteiger partial charge in [-0.3, -0.25) is 9.69 Å². The van der Waals surface area contributed by atoms with E-state index in [2.05, 4.69) is 21.3 Å². The number of rotatable bonds is 5. The third-order valence-electron chi connectivity index (χ3n) is 6.61. The standard InChI is InChI=1S/C23H24N4O3.ClH/c28-22-20(7-15-5-18(24-9-15)13-26-11-16-8-17(16)12-26)19-6-14(1-2-21(19)25-22)10-27-3-4-30-23(27)29;/h1-2,5-7,9,16-17,24H,3-4,8,10-13H2,(H,25,28);1H/t16-,17+;. The number of carbonyl (C=O) groups is 2. The number of nitrogens with one attached hydrogen (secondary N) is 2. The van der Waals surface area contributed by atoms with E-state index in [-0.39, 0.29) is 24.4 Å². The van der Waals surface area contributed by atoms with Gasteiger partial charge in [-0.15, -0.1) is 12.4 Å². The average Bonchev–Trinajstić information content (AvgIpc) is 3.13. The zero-order chi connectivity index (χ0) is 20.2. The van der Waals surface area contributed by atoms with E-state index in [4.69, 9.17) is 4.74 Å². The molecule has 2 N–H and O–H groups in total. The van der Waals surface area contributed by atoms with Crippen LogP contribution in [-0.4, -0.2) is 53.0 Å². The molecule has 3 fully saturated rings. The van der Waals surface area contributed by atoms with Crippen LogP contribution in [0, 0.1) is 11.8 Å².